The maximum Gasteiger partial charge on any atom is 0.140 e. The number of hydrogen-bond acceptors (Lipinski definition) is 4. The summed E-state index contributed by atoms with van der Waals surface area (Å²) in [6.07, 6.45) is 3.87. The third kappa shape index (κ3) is 3.43. The van der Waals surface area contributed by atoms with Gasteiger partial charge in [0.05, 0.1) is 5.52 Å². The lowest BCUT2D eigenvalue weighted by molar-refractivity contribution is 0.504. The van der Waals surface area contributed by atoms with Gasteiger partial charge in [-0.05, 0) is 37.0 Å². The lowest BCUT2D eigenvalue weighted by atomic mass is 10.1. The number of anilines is 2. The van der Waals surface area contributed by atoms with Crippen molar-refractivity contribution in [1.82, 2.24) is 9.97 Å². The lowest BCUT2D eigenvalue weighted by Gasteiger charge is -2.33. The Balaban J connectivity index is 2.55. The van der Waals surface area contributed by atoms with Crippen molar-refractivity contribution < 1.29 is 0 Å². The molecule has 0 unspecified atom stereocenters. The number of nitrogens with zero attached hydrogens (tertiary/aromatic N) is 3. The number of fused-ring (bicyclic) bond motifs is 1. The highest BCUT2D eigenvalue weighted by molar-refractivity contribution is 5.91. The van der Waals surface area contributed by atoms with E-state index in [-0.39, 0.29) is 0 Å². The first-order valence-electron chi connectivity index (χ1n) is 7.83. The molecule has 0 aliphatic carbocycles. The van der Waals surface area contributed by atoms with E-state index in [1.54, 1.807) is 6.33 Å². The standard InChI is InChI=1S/C17H26N4/c1-5-14(6-2)21(10-12(3)4)17-15-9-13(18)7-8-16(15)19-11-20-17/h7-9,11-12,14H,5-6,10,18H2,1-4H3. The second-order valence-electron chi connectivity index (χ2n) is 5.99. The summed E-state index contributed by atoms with van der Waals surface area (Å²) in [7, 11) is 0. The van der Waals surface area contributed by atoms with E-state index in [0.717, 1.165) is 41.8 Å². The Morgan fingerprint density at radius 3 is 2.48 bits per heavy atom. The van der Waals surface area contributed by atoms with Gasteiger partial charge in [0, 0.05) is 23.7 Å². The minimum absolute atomic E-state index is 0.493. The molecule has 1 aromatic heterocycles. The number of aromatic nitrogens is 2. The molecule has 2 N–H and O–H groups in total. The van der Waals surface area contributed by atoms with E-state index < -0.39 is 0 Å². The van der Waals surface area contributed by atoms with Crippen LogP contribution in [0, 0.1) is 5.92 Å². The molecule has 1 aromatic carbocycles. The number of nitrogens with two attached hydrogens (primary N) is 1. The fourth-order valence-corrected chi connectivity index (χ4v) is 2.82. The maximum atomic E-state index is 5.96. The van der Waals surface area contributed by atoms with Crippen molar-refractivity contribution >= 4 is 22.4 Å². The molecule has 2 aromatic rings. The molecule has 0 bridgehead atoms. The van der Waals surface area contributed by atoms with Gasteiger partial charge in [-0.2, -0.15) is 0 Å². The summed E-state index contributed by atoms with van der Waals surface area (Å²) in [4.78, 5) is 11.4. The summed E-state index contributed by atoms with van der Waals surface area (Å²) in [6.45, 7) is 9.95. The molecule has 0 aliphatic heterocycles. The zero-order valence-corrected chi connectivity index (χ0v) is 13.5. The molecule has 21 heavy (non-hydrogen) atoms. The van der Waals surface area contributed by atoms with Crippen LogP contribution in [0.15, 0.2) is 24.5 Å². The van der Waals surface area contributed by atoms with E-state index in [9.17, 15) is 0 Å². The Kier molecular flexibility index (Phi) is 4.99. The highest BCUT2D eigenvalue weighted by Crippen LogP contribution is 2.28. The topological polar surface area (TPSA) is 55.0 Å². The smallest absolute Gasteiger partial charge is 0.140 e. The molecular weight excluding hydrogens is 260 g/mol. The van der Waals surface area contributed by atoms with Crippen LogP contribution in [0.4, 0.5) is 11.5 Å². The van der Waals surface area contributed by atoms with Gasteiger partial charge in [0.15, 0.2) is 0 Å². The molecule has 0 saturated carbocycles. The average molecular weight is 286 g/mol. The van der Waals surface area contributed by atoms with Crippen LogP contribution >= 0.6 is 0 Å². The highest BCUT2D eigenvalue weighted by Gasteiger charge is 2.20. The summed E-state index contributed by atoms with van der Waals surface area (Å²) < 4.78 is 0. The van der Waals surface area contributed by atoms with Crippen LogP contribution in [-0.2, 0) is 0 Å². The van der Waals surface area contributed by atoms with E-state index in [0.29, 0.717) is 12.0 Å². The monoisotopic (exact) mass is 286 g/mol. The van der Waals surface area contributed by atoms with Crippen molar-refractivity contribution in [1.29, 1.82) is 0 Å². The summed E-state index contributed by atoms with van der Waals surface area (Å²) in [6, 6.07) is 6.34. The van der Waals surface area contributed by atoms with Crippen LogP contribution in [0.1, 0.15) is 40.5 Å². The highest BCUT2D eigenvalue weighted by atomic mass is 15.2. The molecule has 0 spiro atoms. The lowest BCUT2D eigenvalue weighted by Crippen LogP contribution is -2.38. The van der Waals surface area contributed by atoms with Crippen molar-refractivity contribution in [3.05, 3.63) is 24.5 Å². The first-order chi connectivity index (χ1) is 10.1. The quantitative estimate of drug-likeness (QED) is 0.819. The Hall–Kier alpha value is -1.84. The van der Waals surface area contributed by atoms with E-state index in [4.69, 9.17) is 5.73 Å². The zero-order valence-electron chi connectivity index (χ0n) is 13.5. The van der Waals surface area contributed by atoms with Crippen LogP contribution in [0.3, 0.4) is 0 Å². The minimum atomic E-state index is 0.493. The SMILES string of the molecule is CCC(CC)N(CC(C)C)c1ncnc2ccc(N)cc12. The van der Waals surface area contributed by atoms with Crippen LogP contribution in [0.5, 0.6) is 0 Å². The molecule has 4 nitrogen and oxygen atoms in total. The number of nitrogen functional groups attached to an aromatic ring is 1. The van der Waals surface area contributed by atoms with Crippen molar-refractivity contribution in [2.45, 2.75) is 46.6 Å². The van der Waals surface area contributed by atoms with Crippen molar-refractivity contribution in [2.24, 2.45) is 5.92 Å². The fourth-order valence-electron chi connectivity index (χ4n) is 2.82. The second-order valence-corrected chi connectivity index (χ2v) is 5.99. The van der Waals surface area contributed by atoms with Crippen molar-refractivity contribution in [3.63, 3.8) is 0 Å². The molecule has 0 radical (unpaired) electrons. The molecule has 1 heterocycles. The van der Waals surface area contributed by atoms with E-state index in [2.05, 4.69) is 42.6 Å². The van der Waals surface area contributed by atoms with Gasteiger partial charge in [0.25, 0.3) is 0 Å². The van der Waals surface area contributed by atoms with Crippen molar-refractivity contribution in [2.75, 3.05) is 17.2 Å². The summed E-state index contributed by atoms with van der Waals surface area (Å²) >= 11 is 0. The molecule has 114 valence electrons. The van der Waals surface area contributed by atoms with Crippen molar-refractivity contribution in [3.8, 4) is 0 Å². The molecule has 0 aliphatic rings. The minimum Gasteiger partial charge on any atom is -0.399 e. The third-order valence-corrected chi connectivity index (χ3v) is 3.86. The summed E-state index contributed by atoms with van der Waals surface area (Å²) in [5.74, 6) is 1.59. The van der Waals surface area contributed by atoms with Crippen LogP contribution in [0.25, 0.3) is 10.9 Å². The molecule has 0 fully saturated rings. The maximum absolute atomic E-state index is 5.96. The number of hydrogen-bond donors (Lipinski definition) is 1. The van der Waals surface area contributed by atoms with Crippen LogP contribution in [0.2, 0.25) is 0 Å². The predicted octanol–water partition coefficient (Wildman–Crippen LogP) is 3.86. The molecule has 0 atom stereocenters. The average Bonchev–Trinajstić information content (AvgIpc) is 2.46. The Labute approximate surface area is 127 Å². The molecule has 4 heteroatoms. The van der Waals surface area contributed by atoms with E-state index >= 15 is 0 Å². The molecule has 0 saturated heterocycles. The van der Waals surface area contributed by atoms with E-state index in [1.165, 1.54) is 0 Å². The molecule has 0 amide bonds. The predicted molar refractivity (Wildman–Crippen MR) is 90.5 cm³/mol. The largest absolute Gasteiger partial charge is 0.399 e. The van der Waals surface area contributed by atoms with Gasteiger partial charge in [-0.15, -0.1) is 0 Å². The Morgan fingerprint density at radius 2 is 1.86 bits per heavy atom. The zero-order chi connectivity index (χ0) is 15.4. The van der Waals surface area contributed by atoms with Gasteiger partial charge in [0.2, 0.25) is 0 Å². The number of rotatable bonds is 6. The number of benzene rings is 1. The second kappa shape index (κ2) is 6.74. The molecule has 2 rings (SSSR count). The fraction of sp³-hybridized carbons (Fsp3) is 0.529. The van der Waals surface area contributed by atoms with Gasteiger partial charge >= 0.3 is 0 Å². The van der Waals surface area contributed by atoms with Crippen LogP contribution < -0.4 is 10.6 Å². The first kappa shape index (κ1) is 15.5. The van der Waals surface area contributed by atoms with Gasteiger partial charge in [-0.3, -0.25) is 0 Å². The van der Waals surface area contributed by atoms with Gasteiger partial charge in [-0.1, -0.05) is 27.7 Å². The molecular formula is C17H26N4. The van der Waals surface area contributed by atoms with E-state index in [1.807, 2.05) is 18.2 Å². The summed E-state index contributed by atoms with van der Waals surface area (Å²) in [5, 5.41) is 1.05. The summed E-state index contributed by atoms with van der Waals surface area (Å²) in [5.41, 5.74) is 7.67. The Bertz CT molecular complexity index is 590. The van der Waals surface area contributed by atoms with Gasteiger partial charge in [0.1, 0.15) is 12.1 Å². The van der Waals surface area contributed by atoms with Crippen LogP contribution in [-0.4, -0.2) is 22.6 Å². The Morgan fingerprint density at radius 1 is 1.14 bits per heavy atom. The third-order valence-electron chi connectivity index (χ3n) is 3.86. The first-order valence-corrected chi connectivity index (χ1v) is 7.83. The normalized spacial score (nSPS) is 11.5. The van der Waals surface area contributed by atoms with Gasteiger partial charge < -0.3 is 10.6 Å². The van der Waals surface area contributed by atoms with Gasteiger partial charge in [-0.25, -0.2) is 9.97 Å².